The largest absolute Gasteiger partial charge is 0.394 e. The van der Waals surface area contributed by atoms with E-state index in [0.717, 1.165) is 6.54 Å². The third-order valence-electron chi connectivity index (χ3n) is 3.57. The summed E-state index contributed by atoms with van der Waals surface area (Å²) < 4.78 is 0. The minimum Gasteiger partial charge on any atom is -0.394 e. The smallest absolute Gasteiger partial charge is 0.0861 e. The van der Waals surface area contributed by atoms with Crippen LogP contribution in [0.25, 0.3) is 0 Å². The summed E-state index contributed by atoms with van der Waals surface area (Å²) in [5.74, 6) is 0.658. The van der Waals surface area contributed by atoms with E-state index in [1.807, 2.05) is 11.8 Å². The van der Waals surface area contributed by atoms with Gasteiger partial charge in [-0.05, 0) is 25.8 Å². The molecule has 18 heavy (non-hydrogen) atoms. The molecule has 0 amide bonds. The van der Waals surface area contributed by atoms with E-state index < -0.39 is 6.10 Å². The number of hydrogen-bond acceptors (Lipinski definition) is 4. The van der Waals surface area contributed by atoms with E-state index in [0.29, 0.717) is 17.0 Å². The Bertz CT molecular complexity index is 202. The van der Waals surface area contributed by atoms with E-state index >= 15 is 0 Å². The van der Waals surface area contributed by atoms with E-state index in [-0.39, 0.29) is 6.61 Å². The van der Waals surface area contributed by atoms with Crippen LogP contribution in [0.4, 0.5) is 0 Å². The van der Waals surface area contributed by atoms with Gasteiger partial charge in [-0.2, -0.15) is 11.8 Å². The Kier molecular flexibility index (Phi) is 9.11. The standard InChI is InChI=1S/C14H29NO2S/c1-2-9-15-13-7-5-3-4-6-8-14(13)18-11-12(17)10-16/h12-17H,2-11H2,1H3. The first-order chi connectivity index (χ1) is 8.77. The average molecular weight is 275 g/mol. The predicted molar refractivity (Wildman–Crippen MR) is 79.1 cm³/mol. The van der Waals surface area contributed by atoms with Crippen LogP contribution in [0.5, 0.6) is 0 Å². The second kappa shape index (κ2) is 10.1. The van der Waals surface area contributed by atoms with Crippen molar-refractivity contribution in [3.05, 3.63) is 0 Å². The van der Waals surface area contributed by atoms with Crippen LogP contribution in [0.1, 0.15) is 51.9 Å². The zero-order valence-corrected chi connectivity index (χ0v) is 12.4. The molecule has 0 heterocycles. The van der Waals surface area contributed by atoms with Gasteiger partial charge < -0.3 is 15.5 Å². The van der Waals surface area contributed by atoms with E-state index in [1.54, 1.807) is 0 Å². The lowest BCUT2D eigenvalue weighted by atomic mass is 9.96. The number of nitrogens with one attached hydrogen (secondary N) is 1. The van der Waals surface area contributed by atoms with E-state index in [4.69, 9.17) is 5.11 Å². The molecule has 0 aliphatic heterocycles. The Labute approximate surface area is 116 Å². The van der Waals surface area contributed by atoms with Crippen LogP contribution in [0.3, 0.4) is 0 Å². The van der Waals surface area contributed by atoms with Crippen molar-refractivity contribution < 1.29 is 10.2 Å². The lowest BCUT2D eigenvalue weighted by Gasteiger charge is -2.30. The van der Waals surface area contributed by atoms with Crippen molar-refractivity contribution in [3.63, 3.8) is 0 Å². The van der Waals surface area contributed by atoms with Gasteiger partial charge in [-0.1, -0.05) is 32.6 Å². The zero-order chi connectivity index (χ0) is 13.2. The monoisotopic (exact) mass is 275 g/mol. The summed E-state index contributed by atoms with van der Waals surface area (Å²) in [6.07, 6.45) is 8.44. The van der Waals surface area contributed by atoms with Gasteiger partial charge in [0.2, 0.25) is 0 Å². The molecule has 108 valence electrons. The molecule has 0 aromatic heterocycles. The molecule has 3 N–H and O–H groups in total. The highest BCUT2D eigenvalue weighted by Crippen LogP contribution is 2.27. The van der Waals surface area contributed by atoms with E-state index in [1.165, 1.54) is 44.9 Å². The molecule has 1 aliphatic rings. The molecule has 4 heteroatoms. The molecular weight excluding hydrogens is 246 g/mol. The highest BCUT2D eigenvalue weighted by atomic mass is 32.2. The van der Waals surface area contributed by atoms with Crippen molar-refractivity contribution >= 4 is 11.8 Å². The van der Waals surface area contributed by atoms with E-state index in [9.17, 15) is 5.11 Å². The van der Waals surface area contributed by atoms with Gasteiger partial charge >= 0.3 is 0 Å². The van der Waals surface area contributed by atoms with E-state index in [2.05, 4.69) is 12.2 Å². The maximum atomic E-state index is 9.49. The molecule has 0 aromatic rings. The molecule has 1 fully saturated rings. The van der Waals surface area contributed by atoms with Gasteiger partial charge in [0.25, 0.3) is 0 Å². The molecule has 3 unspecified atom stereocenters. The highest BCUT2D eigenvalue weighted by molar-refractivity contribution is 8.00. The predicted octanol–water partition coefficient (Wildman–Crippen LogP) is 2.16. The van der Waals surface area contributed by atoms with Crippen LogP contribution in [0.2, 0.25) is 0 Å². The van der Waals surface area contributed by atoms with Crippen molar-refractivity contribution in [2.45, 2.75) is 69.3 Å². The first kappa shape index (κ1) is 16.3. The molecule has 0 aromatic carbocycles. The van der Waals surface area contributed by atoms with Crippen molar-refractivity contribution in [2.24, 2.45) is 0 Å². The first-order valence-electron chi connectivity index (χ1n) is 7.41. The Hall–Kier alpha value is 0.230. The second-order valence-electron chi connectivity index (χ2n) is 5.26. The number of rotatable bonds is 7. The molecule has 3 atom stereocenters. The number of aliphatic hydroxyl groups excluding tert-OH is 2. The van der Waals surface area contributed by atoms with Gasteiger partial charge in [0, 0.05) is 17.0 Å². The van der Waals surface area contributed by atoms with Gasteiger partial charge in [-0.3, -0.25) is 0 Å². The maximum absolute atomic E-state index is 9.49. The summed E-state index contributed by atoms with van der Waals surface area (Å²) in [6, 6.07) is 0.584. The molecule has 0 bridgehead atoms. The van der Waals surface area contributed by atoms with Gasteiger partial charge in [0.15, 0.2) is 0 Å². The van der Waals surface area contributed by atoms with Crippen LogP contribution in [-0.4, -0.2) is 46.5 Å². The second-order valence-corrected chi connectivity index (χ2v) is 6.53. The summed E-state index contributed by atoms with van der Waals surface area (Å²) in [5.41, 5.74) is 0. The topological polar surface area (TPSA) is 52.5 Å². The number of thioether (sulfide) groups is 1. The summed E-state index contributed by atoms with van der Waals surface area (Å²) in [6.45, 7) is 3.17. The average Bonchev–Trinajstić information content (AvgIpc) is 2.36. The fourth-order valence-corrected chi connectivity index (χ4v) is 3.87. The number of hydrogen-bond donors (Lipinski definition) is 3. The maximum Gasteiger partial charge on any atom is 0.0861 e. The molecule has 0 radical (unpaired) electrons. The fourth-order valence-electron chi connectivity index (χ4n) is 2.50. The molecule has 0 saturated heterocycles. The summed E-state index contributed by atoms with van der Waals surface area (Å²) in [5, 5.41) is 22.6. The Morgan fingerprint density at radius 2 is 1.94 bits per heavy atom. The molecule has 3 nitrogen and oxygen atoms in total. The quantitative estimate of drug-likeness (QED) is 0.666. The molecular formula is C14H29NO2S. The van der Waals surface area contributed by atoms with Gasteiger partial charge in [0.05, 0.1) is 12.7 Å². The van der Waals surface area contributed by atoms with Crippen molar-refractivity contribution in [1.29, 1.82) is 0 Å². The Morgan fingerprint density at radius 3 is 2.61 bits per heavy atom. The molecule has 1 aliphatic carbocycles. The van der Waals surface area contributed by atoms with Crippen LogP contribution in [0, 0.1) is 0 Å². The van der Waals surface area contributed by atoms with Gasteiger partial charge in [-0.15, -0.1) is 0 Å². The minimum absolute atomic E-state index is 0.118. The first-order valence-corrected chi connectivity index (χ1v) is 8.46. The SMILES string of the molecule is CCCNC1CCCCCCC1SCC(O)CO. The zero-order valence-electron chi connectivity index (χ0n) is 11.6. The van der Waals surface area contributed by atoms with Crippen LogP contribution < -0.4 is 5.32 Å². The van der Waals surface area contributed by atoms with Crippen molar-refractivity contribution in [2.75, 3.05) is 18.9 Å². The Morgan fingerprint density at radius 1 is 1.22 bits per heavy atom. The van der Waals surface area contributed by atoms with Gasteiger partial charge in [-0.25, -0.2) is 0 Å². The molecule has 1 rings (SSSR count). The third kappa shape index (κ3) is 6.41. The molecule has 0 spiro atoms. The summed E-state index contributed by atoms with van der Waals surface area (Å²) in [7, 11) is 0. The summed E-state index contributed by atoms with van der Waals surface area (Å²) in [4.78, 5) is 0. The van der Waals surface area contributed by atoms with Crippen LogP contribution in [-0.2, 0) is 0 Å². The third-order valence-corrected chi connectivity index (χ3v) is 5.14. The highest BCUT2D eigenvalue weighted by Gasteiger charge is 2.23. The number of aliphatic hydroxyl groups is 2. The normalized spacial score (nSPS) is 27.5. The lowest BCUT2D eigenvalue weighted by molar-refractivity contribution is 0.113. The van der Waals surface area contributed by atoms with Crippen LogP contribution >= 0.6 is 11.8 Å². The molecule has 1 saturated carbocycles. The van der Waals surface area contributed by atoms with Gasteiger partial charge in [0.1, 0.15) is 0 Å². The Balaban J connectivity index is 2.42. The fraction of sp³-hybridized carbons (Fsp3) is 1.00. The van der Waals surface area contributed by atoms with Crippen molar-refractivity contribution in [1.82, 2.24) is 5.32 Å². The van der Waals surface area contributed by atoms with Crippen molar-refractivity contribution in [3.8, 4) is 0 Å². The summed E-state index contributed by atoms with van der Waals surface area (Å²) >= 11 is 1.84. The minimum atomic E-state index is -0.563. The lowest BCUT2D eigenvalue weighted by Crippen LogP contribution is -2.40. The van der Waals surface area contributed by atoms with Crippen LogP contribution in [0.15, 0.2) is 0 Å².